The predicted molar refractivity (Wildman–Crippen MR) is 176 cm³/mol. The molecule has 4 heterocycles. The van der Waals surface area contributed by atoms with E-state index >= 15 is 0 Å². The number of carbonyl (C=O) groups is 3. The summed E-state index contributed by atoms with van der Waals surface area (Å²) >= 11 is 0. The zero-order valence-corrected chi connectivity index (χ0v) is 27.9. The largest absolute Gasteiger partial charge is 0.461 e. The Hall–Kier alpha value is -3.27. The van der Waals surface area contributed by atoms with Crippen LogP contribution in [-0.2, 0) is 38.9 Å². The second-order valence-electron chi connectivity index (χ2n) is 14.1. The van der Waals surface area contributed by atoms with Crippen LogP contribution in [0.2, 0.25) is 0 Å². The molecule has 0 aliphatic carbocycles. The molecule has 4 fully saturated rings. The normalized spacial score (nSPS) is 25.4. The van der Waals surface area contributed by atoms with Crippen molar-refractivity contribution in [1.29, 1.82) is 0 Å². The van der Waals surface area contributed by atoms with Gasteiger partial charge in [0.25, 0.3) is 0 Å². The van der Waals surface area contributed by atoms with E-state index in [-0.39, 0.29) is 31.0 Å². The maximum Gasteiger partial charge on any atom is 0.348 e. The Kier molecular flexibility index (Phi) is 10.9. The first-order valence-electron chi connectivity index (χ1n) is 17.8. The van der Waals surface area contributed by atoms with Gasteiger partial charge in [0.05, 0.1) is 25.2 Å². The van der Waals surface area contributed by atoms with Gasteiger partial charge in [-0.25, -0.2) is 4.79 Å². The van der Waals surface area contributed by atoms with E-state index in [2.05, 4.69) is 4.90 Å². The molecule has 4 aliphatic heterocycles. The lowest BCUT2D eigenvalue weighted by molar-refractivity contribution is -0.956. The molecule has 9 nitrogen and oxygen atoms in total. The molecule has 47 heavy (non-hydrogen) atoms. The van der Waals surface area contributed by atoms with Gasteiger partial charge in [0.2, 0.25) is 5.60 Å². The number of esters is 3. The molecule has 6 rings (SSSR count). The number of quaternary nitrogens is 1. The van der Waals surface area contributed by atoms with E-state index in [9.17, 15) is 14.4 Å². The van der Waals surface area contributed by atoms with Crippen molar-refractivity contribution in [3.8, 4) is 0 Å². The second-order valence-corrected chi connectivity index (χ2v) is 14.1. The fourth-order valence-electron chi connectivity index (χ4n) is 8.77. The van der Waals surface area contributed by atoms with Gasteiger partial charge in [0.15, 0.2) is 6.79 Å². The quantitative estimate of drug-likeness (QED) is 0.0927. The van der Waals surface area contributed by atoms with Crippen LogP contribution in [-0.4, -0.2) is 91.6 Å². The van der Waals surface area contributed by atoms with Crippen LogP contribution in [0.25, 0.3) is 0 Å². The Balaban J connectivity index is 1.07. The standard InChI is InChI=1S/C38H51N2O7/c1-39-22-12-17-33(27-39)46-36(42)19-9-8-18-35(41)44-28-45-38(29-13-4-2-5-14-29,30-15-6-3-7-16-30)37(43)47-34-25-31-20-21-32(26-34)40(31)23-10-11-24-40/h2-7,13-16,31-34H,8-12,17-28H2,1H3/q+1. The Morgan fingerprint density at radius 2 is 1.36 bits per heavy atom. The number of unbranched alkanes of at least 4 members (excludes halogenated alkanes) is 1. The van der Waals surface area contributed by atoms with Crippen LogP contribution in [0.1, 0.15) is 88.2 Å². The number of piperidine rings is 2. The Labute approximate surface area is 279 Å². The molecule has 3 unspecified atom stereocenters. The number of nitrogens with zero attached hydrogens (tertiary/aromatic N) is 2. The first-order chi connectivity index (χ1) is 22.9. The second kappa shape index (κ2) is 15.3. The highest BCUT2D eigenvalue weighted by atomic mass is 16.7. The van der Waals surface area contributed by atoms with Gasteiger partial charge >= 0.3 is 17.9 Å². The monoisotopic (exact) mass is 647 g/mol. The van der Waals surface area contributed by atoms with Crippen LogP contribution in [0.15, 0.2) is 60.7 Å². The fraction of sp³-hybridized carbons (Fsp3) is 0.605. The Morgan fingerprint density at radius 3 is 1.96 bits per heavy atom. The molecule has 1 spiro atoms. The number of hydrogen-bond acceptors (Lipinski definition) is 8. The average molecular weight is 648 g/mol. The third-order valence-electron chi connectivity index (χ3n) is 11.1. The van der Waals surface area contributed by atoms with Crippen LogP contribution in [0, 0.1) is 0 Å². The molecule has 2 aromatic rings. The molecule has 3 atom stereocenters. The lowest BCUT2D eigenvalue weighted by Crippen LogP contribution is -2.60. The zero-order chi connectivity index (χ0) is 32.7. The molecule has 4 aliphatic rings. The number of hydrogen-bond donors (Lipinski definition) is 0. The molecule has 0 N–H and O–H groups in total. The van der Waals surface area contributed by atoms with Crippen molar-refractivity contribution in [2.75, 3.05) is 40.0 Å². The smallest absolute Gasteiger partial charge is 0.348 e. The highest BCUT2D eigenvalue weighted by molar-refractivity contribution is 5.86. The summed E-state index contributed by atoms with van der Waals surface area (Å²) < 4.78 is 25.2. The van der Waals surface area contributed by atoms with Crippen molar-refractivity contribution in [3.63, 3.8) is 0 Å². The van der Waals surface area contributed by atoms with Crippen molar-refractivity contribution < 1.29 is 37.8 Å². The number of benzene rings is 2. The third-order valence-corrected chi connectivity index (χ3v) is 11.1. The van der Waals surface area contributed by atoms with Crippen LogP contribution < -0.4 is 0 Å². The lowest BCUT2D eigenvalue weighted by Gasteiger charge is -2.47. The first-order valence-corrected chi connectivity index (χ1v) is 17.8. The Bertz CT molecular complexity index is 1290. The SMILES string of the molecule is CN1CCCC(OC(=O)CCCCC(=O)OCOC(C(=O)OC2CC3CCC(C2)[N+]32CCCC2)(c2ccccc2)c2ccccc2)C1. The molecule has 2 bridgehead atoms. The van der Waals surface area contributed by atoms with Gasteiger partial charge in [-0.3, -0.25) is 9.59 Å². The van der Waals surface area contributed by atoms with Crippen molar-refractivity contribution >= 4 is 17.9 Å². The summed E-state index contributed by atoms with van der Waals surface area (Å²) in [6, 6.07) is 19.8. The average Bonchev–Trinajstić information content (AvgIpc) is 3.62. The molecular weight excluding hydrogens is 596 g/mol. The van der Waals surface area contributed by atoms with E-state index in [1.807, 2.05) is 67.7 Å². The molecule has 4 saturated heterocycles. The summed E-state index contributed by atoms with van der Waals surface area (Å²) in [6.45, 7) is 3.89. The fourth-order valence-corrected chi connectivity index (χ4v) is 8.77. The van der Waals surface area contributed by atoms with E-state index < -0.39 is 24.3 Å². The number of likely N-dealkylation sites (tertiary alicyclic amines) is 1. The molecule has 0 saturated carbocycles. The van der Waals surface area contributed by atoms with Gasteiger partial charge in [0.1, 0.15) is 12.2 Å². The van der Waals surface area contributed by atoms with E-state index in [4.69, 9.17) is 18.9 Å². The molecule has 9 heteroatoms. The highest BCUT2D eigenvalue weighted by Gasteiger charge is 2.57. The molecule has 254 valence electrons. The third kappa shape index (κ3) is 7.58. The summed E-state index contributed by atoms with van der Waals surface area (Å²) in [5.41, 5.74) is -0.357. The van der Waals surface area contributed by atoms with Crippen molar-refractivity contribution in [1.82, 2.24) is 4.90 Å². The summed E-state index contributed by atoms with van der Waals surface area (Å²) in [5, 5.41) is 0. The molecule has 0 radical (unpaired) electrons. The summed E-state index contributed by atoms with van der Waals surface area (Å²) in [7, 11) is 2.03. The minimum Gasteiger partial charge on any atom is -0.461 e. The summed E-state index contributed by atoms with van der Waals surface area (Å²) in [5.74, 6) is -1.15. The van der Waals surface area contributed by atoms with Gasteiger partial charge < -0.3 is 28.3 Å². The molecule has 0 amide bonds. The zero-order valence-electron chi connectivity index (χ0n) is 27.9. The van der Waals surface area contributed by atoms with E-state index in [0.717, 1.165) is 38.8 Å². The maximum absolute atomic E-state index is 14.5. The van der Waals surface area contributed by atoms with Crippen LogP contribution >= 0.6 is 0 Å². The lowest BCUT2D eigenvalue weighted by atomic mass is 9.85. The van der Waals surface area contributed by atoms with E-state index in [1.54, 1.807) is 0 Å². The number of rotatable bonds is 13. The van der Waals surface area contributed by atoms with Gasteiger partial charge in [-0.2, -0.15) is 0 Å². The van der Waals surface area contributed by atoms with Gasteiger partial charge in [-0.05, 0) is 50.4 Å². The van der Waals surface area contributed by atoms with Crippen LogP contribution in [0.3, 0.4) is 0 Å². The van der Waals surface area contributed by atoms with Crippen molar-refractivity contribution in [2.24, 2.45) is 0 Å². The molecular formula is C38H51N2O7+. The minimum absolute atomic E-state index is 0.0547. The maximum atomic E-state index is 14.5. The number of carbonyl (C=O) groups excluding carboxylic acids is 3. The van der Waals surface area contributed by atoms with E-state index in [1.165, 1.54) is 43.3 Å². The van der Waals surface area contributed by atoms with Gasteiger partial charge in [-0.1, -0.05) is 60.7 Å². The van der Waals surface area contributed by atoms with Crippen molar-refractivity contribution in [2.45, 2.75) is 107 Å². The summed E-state index contributed by atoms with van der Waals surface area (Å²) in [4.78, 5) is 41.7. The van der Waals surface area contributed by atoms with Gasteiger partial charge in [0, 0.05) is 57.9 Å². The number of ether oxygens (including phenoxy) is 4. The van der Waals surface area contributed by atoms with Gasteiger partial charge in [-0.15, -0.1) is 0 Å². The minimum atomic E-state index is -1.60. The van der Waals surface area contributed by atoms with E-state index in [0.29, 0.717) is 36.1 Å². The first kappa shape index (κ1) is 33.6. The van der Waals surface area contributed by atoms with Crippen LogP contribution in [0.5, 0.6) is 0 Å². The molecule has 2 aromatic carbocycles. The molecule has 0 aromatic heterocycles. The van der Waals surface area contributed by atoms with Crippen LogP contribution in [0.4, 0.5) is 0 Å². The number of likely N-dealkylation sites (N-methyl/N-ethyl adjacent to an activating group) is 1. The predicted octanol–water partition coefficient (Wildman–Crippen LogP) is 5.49. The summed E-state index contributed by atoms with van der Waals surface area (Å²) in [6.07, 6.45) is 9.87. The topological polar surface area (TPSA) is 91.4 Å². The van der Waals surface area contributed by atoms with Crippen molar-refractivity contribution in [3.05, 3.63) is 71.8 Å². The highest BCUT2D eigenvalue weighted by Crippen LogP contribution is 2.47. The Morgan fingerprint density at radius 1 is 0.766 bits per heavy atom.